The second-order valence-corrected chi connectivity index (χ2v) is 9.22. The number of hydrogen-bond donors (Lipinski definition) is 0. The Morgan fingerprint density at radius 3 is 2.69 bits per heavy atom. The molecule has 0 aliphatic heterocycles. The van der Waals surface area contributed by atoms with Gasteiger partial charge in [0.2, 0.25) is 10.9 Å². The Kier molecular flexibility index (Phi) is 6.45. The average Bonchev–Trinajstić information content (AvgIpc) is 3.32. The summed E-state index contributed by atoms with van der Waals surface area (Å²) >= 11 is 12.7. The molecule has 0 saturated heterocycles. The predicted molar refractivity (Wildman–Crippen MR) is 116 cm³/mol. The molecule has 2 heterocycles. The van der Waals surface area contributed by atoms with E-state index in [4.69, 9.17) is 32.5 Å². The van der Waals surface area contributed by atoms with Crippen LogP contribution >= 0.6 is 23.2 Å². The molecule has 1 saturated carbocycles. The highest BCUT2D eigenvalue weighted by atomic mass is 35.5. The molecule has 1 aliphatic rings. The molecule has 9 nitrogen and oxygen atoms in total. The molecule has 0 amide bonds. The van der Waals surface area contributed by atoms with E-state index >= 15 is 0 Å². The van der Waals surface area contributed by atoms with Gasteiger partial charge in [-0.1, -0.05) is 28.4 Å². The summed E-state index contributed by atoms with van der Waals surface area (Å²) in [6.45, 7) is 1.83. The quantitative estimate of drug-likeness (QED) is 0.342. The van der Waals surface area contributed by atoms with Crippen molar-refractivity contribution in [3.05, 3.63) is 56.6 Å². The van der Waals surface area contributed by atoms with Crippen molar-refractivity contribution in [1.82, 2.24) is 19.9 Å². The van der Waals surface area contributed by atoms with E-state index < -0.39 is 22.6 Å². The van der Waals surface area contributed by atoms with E-state index in [2.05, 4.69) is 15.2 Å². The summed E-state index contributed by atoms with van der Waals surface area (Å²) in [5, 5.41) is 8.54. The Morgan fingerprint density at radius 2 is 2.06 bits per heavy atom. The van der Waals surface area contributed by atoms with Gasteiger partial charge in [0, 0.05) is 23.3 Å². The second-order valence-electron chi connectivity index (χ2n) is 7.16. The first-order chi connectivity index (χ1) is 15.3. The lowest BCUT2D eigenvalue weighted by atomic mass is 9.95. The lowest BCUT2D eigenvalue weighted by Gasteiger charge is -2.12. The number of esters is 1. The molecular weight excluding hydrogens is 479 g/mol. The van der Waals surface area contributed by atoms with Gasteiger partial charge in [-0.25, -0.2) is 14.5 Å². The molecule has 2 aromatic heterocycles. The van der Waals surface area contributed by atoms with Crippen molar-refractivity contribution in [3.8, 4) is 0 Å². The van der Waals surface area contributed by atoms with E-state index in [0.717, 1.165) is 12.8 Å². The van der Waals surface area contributed by atoms with Crippen molar-refractivity contribution < 1.29 is 23.1 Å². The van der Waals surface area contributed by atoms with Crippen molar-refractivity contribution >= 4 is 45.8 Å². The van der Waals surface area contributed by atoms with Gasteiger partial charge in [-0.2, -0.15) is 0 Å². The number of ether oxygens (including phenoxy) is 1. The summed E-state index contributed by atoms with van der Waals surface area (Å²) in [7, 11) is -1.37. The number of halogens is 2. The summed E-state index contributed by atoms with van der Waals surface area (Å²) < 4.78 is 23.5. The number of benzene rings is 1. The molecule has 32 heavy (non-hydrogen) atoms. The van der Waals surface area contributed by atoms with Crippen LogP contribution < -0.4 is 0 Å². The Balaban J connectivity index is 1.79. The molecule has 0 bridgehead atoms. The Hall–Kier alpha value is -2.56. The molecule has 1 aliphatic carbocycles. The van der Waals surface area contributed by atoms with Crippen LogP contribution in [0.2, 0.25) is 10.0 Å². The van der Waals surface area contributed by atoms with Crippen molar-refractivity contribution in [2.45, 2.75) is 37.4 Å². The zero-order valence-electron chi connectivity index (χ0n) is 17.1. The first-order valence-corrected chi connectivity index (χ1v) is 12.0. The molecule has 0 radical (unpaired) electrons. The van der Waals surface area contributed by atoms with E-state index in [1.54, 1.807) is 6.92 Å². The molecular formula is C20H18Cl2N4O5S. The van der Waals surface area contributed by atoms with Crippen LogP contribution in [0.15, 0.2) is 28.1 Å². The van der Waals surface area contributed by atoms with E-state index in [-0.39, 0.29) is 51.1 Å². The lowest BCUT2D eigenvalue weighted by molar-refractivity contribution is 0.0512. The summed E-state index contributed by atoms with van der Waals surface area (Å²) in [5.74, 6) is -0.837. The van der Waals surface area contributed by atoms with Crippen molar-refractivity contribution in [2.75, 3.05) is 12.9 Å². The number of carbonyl (C=O) groups excluding carboxylic acids is 2. The molecule has 1 aromatic carbocycles. The SMILES string of the molecule is CCOC(=O)c1noc(C2CC2)c1C(=O)c1ccc(Cl)c(Cl)c1Cn1cnc(S(C)=O)n1. The fourth-order valence-electron chi connectivity index (χ4n) is 3.23. The van der Waals surface area contributed by atoms with Crippen LogP contribution in [0.25, 0.3) is 0 Å². The maximum Gasteiger partial charge on any atom is 0.361 e. The fraction of sp³-hybridized carbons (Fsp3) is 0.350. The summed E-state index contributed by atoms with van der Waals surface area (Å²) in [4.78, 5) is 30.1. The molecule has 4 rings (SSSR count). The minimum Gasteiger partial charge on any atom is -0.461 e. The largest absolute Gasteiger partial charge is 0.461 e. The van der Waals surface area contributed by atoms with E-state index in [1.807, 2.05) is 0 Å². The van der Waals surface area contributed by atoms with Crippen LogP contribution in [0.1, 0.15) is 63.4 Å². The Bertz CT molecular complexity index is 1230. The summed E-state index contributed by atoms with van der Waals surface area (Å²) in [6, 6.07) is 3.03. The highest BCUT2D eigenvalue weighted by molar-refractivity contribution is 7.84. The summed E-state index contributed by atoms with van der Waals surface area (Å²) in [5.41, 5.74) is 0.490. The van der Waals surface area contributed by atoms with Gasteiger partial charge in [0.25, 0.3) is 0 Å². The van der Waals surface area contributed by atoms with Crippen molar-refractivity contribution in [3.63, 3.8) is 0 Å². The number of hydrogen-bond acceptors (Lipinski definition) is 8. The standard InChI is InChI=1S/C20H18Cl2N4O5S/c1-3-30-19(28)16-14(18(31-25-16)10-4-5-10)17(27)11-6-7-13(21)15(22)12(11)8-26-9-23-20(24-26)32(2)29/h6-7,9-10H,3-5,8H2,1-2H3. The lowest BCUT2D eigenvalue weighted by Crippen LogP contribution is -2.16. The monoisotopic (exact) mass is 496 g/mol. The number of rotatable bonds is 8. The minimum atomic E-state index is -1.37. The normalized spacial score (nSPS) is 14.4. The number of carbonyl (C=O) groups is 2. The van der Waals surface area contributed by atoms with Crippen LogP contribution in [0.4, 0.5) is 0 Å². The average molecular weight is 497 g/mol. The van der Waals surface area contributed by atoms with Crippen LogP contribution in [-0.4, -0.2) is 48.7 Å². The fourth-order valence-corrected chi connectivity index (χ4v) is 4.04. The molecule has 0 N–H and O–H groups in total. The van der Waals surface area contributed by atoms with Crippen LogP contribution in [-0.2, 0) is 22.1 Å². The maximum atomic E-state index is 13.7. The third-order valence-electron chi connectivity index (χ3n) is 4.90. The second kappa shape index (κ2) is 9.13. The molecule has 1 atom stereocenters. The molecule has 1 unspecified atom stereocenters. The topological polar surface area (TPSA) is 117 Å². The van der Waals surface area contributed by atoms with Crippen molar-refractivity contribution in [1.29, 1.82) is 0 Å². The van der Waals surface area contributed by atoms with E-state index in [0.29, 0.717) is 11.3 Å². The van der Waals surface area contributed by atoms with Crippen LogP contribution in [0.5, 0.6) is 0 Å². The highest BCUT2D eigenvalue weighted by Crippen LogP contribution is 2.43. The molecule has 12 heteroatoms. The maximum absolute atomic E-state index is 13.7. The Labute approximate surface area is 195 Å². The van der Waals surface area contributed by atoms with Crippen LogP contribution in [0, 0.1) is 0 Å². The zero-order valence-corrected chi connectivity index (χ0v) is 19.5. The minimum absolute atomic E-state index is 0.0215. The number of aromatic nitrogens is 4. The Morgan fingerprint density at radius 1 is 1.31 bits per heavy atom. The van der Waals surface area contributed by atoms with E-state index in [1.165, 1.54) is 29.4 Å². The number of ketones is 1. The van der Waals surface area contributed by atoms with Gasteiger partial charge < -0.3 is 9.26 Å². The highest BCUT2D eigenvalue weighted by Gasteiger charge is 2.38. The third kappa shape index (κ3) is 4.35. The van der Waals surface area contributed by atoms with Gasteiger partial charge in [0.1, 0.15) is 11.9 Å². The van der Waals surface area contributed by atoms with Gasteiger partial charge in [-0.15, -0.1) is 5.10 Å². The predicted octanol–water partition coefficient (Wildman–Crippen LogP) is 3.64. The van der Waals surface area contributed by atoms with Crippen molar-refractivity contribution in [2.24, 2.45) is 0 Å². The third-order valence-corrected chi connectivity index (χ3v) is 6.44. The molecule has 1 fully saturated rings. The first-order valence-electron chi connectivity index (χ1n) is 9.72. The zero-order chi connectivity index (χ0) is 23.0. The first kappa shape index (κ1) is 22.6. The number of nitrogens with zero attached hydrogens (tertiary/aromatic N) is 4. The van der Waals surface area contributed by atoms with Gasteiger partial charge in [-0.3, -0.25) is 9.00 Å². The van der Waals surface area contributed by atoms with E-state index in [9.17, 15) is 13.8 Å². The van der Waals surface area contributed by atoms with Gasteiger partial charge in [0.15, 0.2) is 11.5 Å². The van der Waals surface area contributed by atoms with Gasteiger partial charge in [-0.05, 0) is 31.9 Å². The van der Waals surface area contributed by atoms with Gasteiger partial charge in [0.05, 0.1) is 34.0 Å². The van der Waals surface area contributed by atoms with Crippen LogP contribution in [0.3, 0.4) is 0 Å². The molecule has 0 spiro atoms. The smallest absolute Gasteiger partial charge is 0.361 e. The molecule has 168 valence electrons. The molecule has 3 aromatic rings. The summed E-state index contributed by atoms with van der Waals surface area (Å²) in [6.07, 6.45) is 4.52. The van der Waals surface area contributed by atoms with Gasteiger partial charge >= 0.3 is 5.97 Å².